The molecule has 2 rings (SSSR count). The number of benzene rings is 2. The number of esters is 1. The minimum absolute atomic E-state index is 0.0879. The zero-order valence-corrected chi connectivity index (χ0v) is 18.9. The summed E-state index contributed by atoms with van der Waals surface area (Å²) >= 11 is 2.05. The van der Waals surface area contributed by atoms with Gasteiger partial charge in [0, 0.05) is 4.43 Å². The van der Waals surface area contributed by atoms with Gasteiger partial charge in [-0.2, -0.15) is 0 Å². The Hall–Kier alpha value is -2.62. The van der Waals surface area contributed by atoms with Crippen molar-refractivity contribution in [3.8, 4) is 5.75 Å². The number of hydrogen-bond donors (Lipinski definition) is 2. The molecule has 160 valence electrons. The van der Waals surface area contributed by atoms with Crippen molar-refractivity contribution in [2.75, 3.05) is 0 Å². The van der Waals surface area contributed by atoms with Crippen LogP contribution in [-0.2, 0) is 20.6 Å². The number of carboxylic acids is 1. The summed E-state index contributed by atoms with van der Waals surface area (Å²) in [6.07, 6.45) is -0.0781. The van der Waals surface area contributed by atoms with Crippen LogP contribution < -0.4 is 10.1 Å². The van der Waals surface area contributed by atoms with Crippen LogP contribution in [0.1, 0.15) is 41.8 Å². The van der Waals surface area contributed by atoms with Gasteiger partial charge in [0.1, 0.15) is 18.4 Å². The first-order valence-electron chi connectivity index (χ1n) is 9.46. The Morgan fingerprint density at radius 3 is 2.43 bits per heavy atom. The number of aromatic carboxylic acids is 1. The summed E-state index contributed by atoms with van der Waals surface area (Å²) in [7, 11) is 0. The maximum absolute atomic E-state index is 12.7. The van der Waals surface area contributed by atoms with Crippen LogP contribution in [0.5, 0.6) is 5.75 Å². The second-order valence-electron chi connectivity index (χ2n) is 6.75. The number of rotatable bonds is 9. The molecule has 0 aliphatic heterocycles. The van der Waals surface area contributed by atoms with Gasteiger partial charge in [-0.1, -0.05) is 73.2 Å². The lowest BCUT2D eigenvalue weighted by molar-refractivity contribution is -0.138. The molecule has 2 aromatic carbocycles. The normalized spacial score (nSPS) is 12.5. The number of ether oxygens (including phenoxy) is 2. The molecule has 8 heteroatoms. The van der Waals surface area contributed by atoms with E-state index in [1.54, 1.807) is 0 Å². The van der Waals surface area contributed by atoms with Crippen LogP contribution in [0.3, 0.4) is 0 Å². The first-order chi connectivity index (χ1) is 14.3. The summed E-state index contributed by atoms with van der Waals surface area (Å²) in [5.74, 6) is -1.64. The number of alkyl carbamates (subject to hydrolysis) is 1. The Labute approximate surface area is 188 Å². The maximum atomic E-state index is 12.7. The summed E-state index contributed by atoms with van der Waals surface area (Å²) in [6.45, 7) is 3.82. The van der Waals surface area contributed by atoms with Crippen molar-refractivity contribution in [1.29, 1.82) is 0 Å². The monoisotopic (exact) mass is 525 g/mol. The Kier molecular flexibility index (Phi) is 9.10. The summed E-state index contributed by atoms with van der Waals surface area (Å²) in [6, 6.07) is 12.7. The molecule has 0 radical (unpaired) electrons. The average Bonchev–Trinajstić information content (AvgIpc) is 2.75. The second kappa shape index (κ2) is 11.5. The van der Waals surface area contributed by atoms with E-state index in [1.165, 1.54) is 18.2 Å². The number of carboxylic acid groups (broad SMARTS) is 1. The van der Waals surface area contributed by atoms with E-state index >= 15 is 0 Å². The molecule has 0 saturated carbocycles. The highest BCUT2D eigenvalue weighted by Crippen LogP contribution is 2.22. The van der Waals surface area contributed by atoms with E-state index in [4.69, 9.17) is 9.47 Å². The number of amides is 1. The lowest BCUT2D eigenvalue weighted by Crippen LogP contribution is -2.47. The molecule has 7 nitrogen and oxygen atoms in total. The molecule has 0 spiro atoms. The van der Waals surface area contributed by atoms with E-state index in [2.05, 4.69) is 5.32 Å². The fourth-order valence-electron chi connectivity index (χ4n) is 2.69. The van der Waals surface area contributed by atoms with E-state index in [0.29, 0.717) is 16.4 Å². The molecule has 0 unspecified atom stereocenters. The molecule has 30 heavy (non-hydrogen) atoms. The van der Waals surface area contributed by atoms with Gasteiger partial charge in [0.15, 0.2) is 0 Å². The summed E-state index contributed by atoms with van der Waals surface area (Å²) in [5.41, 5.74) is 1.54. The number of halogens is 1. The highest BCUT2D eigenvalue weighted by atomic mass is 127. The van der Waals surface area contributed by atoms with Crippen LogP contribution in [0.15, 0.2) is 48.5 Å². The van der Waals surface area contributed by atoms with Gasteiger partial charge in [-0.25, -0.2) is 14.4 Å². The number of hydrogen-bond acceptors (Lipinski definition) is 5. The first kappa shape index (κ1) is 23.7. The van der Waals surface area contributed by atoms with Crippen LogP contribution in [0, 0.1) is 5.92 Å². The molecule has 1 amide bonds. The SMILES string of the molecule is CC[C@H](C)[C@H](NC(=O)OCc1ccccc1)C(=O)Oc1ccc(C(=O)O)c(CI)c1. The molecular weight excluding hydrogens is 501 g/mol. The smallest absolute Gasteiger partial charge is 0.408 e. The van der Waals surface area contributed by atoms with E-state index in [0.717, 1.165) is 5.56 Å². The number of nitrogens with one attached hydrogen (secondary N) is 1. The van der Waals surface area contributed by atoms with Crippen LogP contribution >= 0.6 is 22.6 Å². The van der Waals surface area contributed by atoms with E-state index < -0.39 is 24.1 Å². The summed E-state index contributed by atoms with van der Waals surface area (Å²) in [5, 5.41) is 11.8. The van der Waals surface area contributed by atoms with E-state index in [1.807, 2.05) is 66.8 Å². The molecular formula is C22H24INO6. The van der Waals surface area contributed by atoms with Gasteiger partial charge in [0.25, 0.3) is 0 Å². The minimum Gasteiger partial charge on any atom is -0.478 e. The highest BCUT2D eigenvalue weighted by Gasteiger charge is 2.28. The zero-order valence-electron chi connectivity index (χ0n) is 16.8. The van der Waals surface area contributed by atoms with Crippen LogP contribution in [0.25, 0.3) is 0 Å². The van der Waals surface area contributed by atoms with Gasteiger partial charge < -0.3 is 19.9 Å². The third-order valence-electron chi connectivity index (χ3n) is 4.62. The van der Waals surface area contributed by atoms with Gasteiger partial charge in [-0.3, -0.25) is 0 Å². The number of carbonyl (C=O) groups is 3. The third-order valence-corrected chi connectivity index (χ3v) is 5.44. The Morgan fingerprint density at radius 2 is 1.83 bits per heavy atom. The zero-order chi connectivity index (χ0) is 22.1. The Balaban J connectivity index is 2.06. The summed E-state index contributed by atoms with van der Waals surface area (Å²) in [4.78, 5) is 36.2. The van der Waals surface area contributed by atoms with Crippen molar-refractivity contribution < 1.29 is 29.0 Å². The second-order valence-corrected chi connectivity index (χ2v) is 7.51. The Bertz CT molecular complexity index is 886. The molecule has 2 atom stereocenters. The van der Waals surface area contributed by atoms with Crippen molar-refractivity contribution >= 4 is 40.6 Å². The van der Waals surface area contributed by atoms with Gasteiger partial charge >= 0.3 is 18.0 Å². The van der Waals surface area contributed by atoms with Gasteiger partial charge in [-0.05, 0) is 35.2 Å². The van der Waals surface area contributed by atoms with Crippen molar-refractivity contribution in [1.82, 2.24) is 5.32 Å². The fourth-order valence-corrected chi connectivity index (χ4v) is 3.32. The quantitative estimate of drug-likeness (QED) is 0.215. The van der Waals surface area contributed by atoms with E-state index in [9.17, 15) is 19.5 Å². The fraction of sp³-hybridized carbons (Fsp3) is 0.318. The molecule has 0 aliphatic carbocycles. The average molecular weight is 525 g/mol. The molecule has 0 heterocycles. The summed E-state index contributed by atoms with van der Waals surface area (Å²) < 4.78 is 11.1. The topological polar surface area (TPSA) is 102 Å². The van der Waals surface area contributed by atoms with Crippen LogP contribution in [0.4, 0.5) is 4.79 Å². The molecule has 2 N–H and O–H groups in total. The van der Waals surface area contributed by atoms with Crippen molar-refractivity contribution in [2.45, 2.75) is 37.3 Å². The first-order valence-corrected chi connectivity index (χ1v) is 11.0. The van der Waals surface area contributed by atoms with Crippen molar-refractivity contribution in [3.05, 3.63) is 65.2 Å². The van der Waals surface area contributed by atoms with Gasteiger partial charge in [0.2, 0.25) is 0 Å². The lowest BCUT2D eigenvalue weighted by Gasteiger charge is -2.22. The minimum atomic E-state index is -1.04. The van der Waals surface area contributed by atoms with E-state index in [-0.39, 0.29) is 23.8 Å². The number of alkyl halides is 1. The maximum Gasteiger partial charge on any atom is 0.408 e. The molecule has 0 aromatic heterocycles. The van der Waals surface area contributed by atoms with Crippen molar-refractivity contribution in [3.63, 3.8) is 0 Å². The van der Waals surface area contributed by atoms with Gasteiger partial charge in [0.05, 0.1) is 5.56 Å². The van der Waals surface area contributed by atoms with Gasteiger partial charge in [-0.15, -0.1) is 0 Å². The third kappa shape index (κ3) is 6.72. The lowest BCUT2D eigenvalue weighted by atomic mass is 9.99. The molecule has 0 bridgehead atoms. The standard InChI is InChI=1S/C22H24INO6/c1-3-14(2)19(24-22(28)29-13-15-7-5-4-6-8-15)21(27)30-17-9-10-18(20(25)26)16(11-17)12-23/h4-11,14,19H,3,12-13H2,1-2H3,(H,24,28)(H,25,26)/t14-,19-/m0/s1. The predicted octanol–water partition coefficient (Wildman–Crippen LogP) is 4.57. The largest absolute Gasteiger partial charge is 0.478 e. The van der Waals surface area contributed by atoms with Crippen molar-refractivity contribution in [2.24, 2.45) is 5.92 Å². The number of carbonyl (C=O) groups excluding carboxylic acids is 2. The molecule has 0 fully saturated rings. The highest BCUT2D eigenvalue weighted by molar-refractivity contribution is 14.1. The van der Waals surface area contributed by atoms with Crippen LogP contribution in [0.2, 0.25) is 0 Å². The van der Waals surface area contributed by atoms with Crippen LogP contribution in [-0.4, -0.2) is 29.2 Å². The Morgan fingerprint density at radius 1 is 1.13 bits per heavy atom. The predicted molar refractivity (Wildman–Crippen MR) is 120 cm³/mol. The molecule has 0 saturated heterocycles. The molecule has 0 aliphatic rings. The molecule has 2 aromatic rings.